The minimum Gasteiger partial charge on any atom is -0.381 e. The first-order chi connectivity index (χ1) is 9.25. The molecule has 2 heterocycles. The smallest absolute Gasteiger partial charge is 0.134 e. The molecule has 0 aliphatic carbocycles. The molecule has 0 bridgehead atoms. The van der Waals surface area contributed by atoms with Gasteiger partial charge in [0, 0.05) is 30.2 Å². The zero-order chi connectivity index (χ0) is 13.2. The van der Waals surface area contributed by atoms with E-state index in [-0.39, 0.29) is 6.04 Å². The number of benzene rings is 1. The minimum atomic E-state index is -0.0616. The maximum absolute atomic E-state index is 6.38. The van der Waals surface area contributed by atoms with Crippen LogP contribution in [0.2, 0.25) is 5.15 Å². The van der Waals surface area contributed by atoms with Gasteiger partial charge in [0.25, 0.3) is 0 Å². The van der Waals surface area contributed by atoms with E-state index in [1.54, 1.807) is 0 Å². The van der Waals surface area contributed by atoms with Crippen molar-refractivity contribution in [3.05, 3.63) is 41.0 Å². The van der Waals surface area contributed by atoms with Gasteiger partial charge in [0.05, 0.1) is 5.52 Å². The maximum Gasteiger partial charge on any atom is 0.134 e. The van der Waals surface area contributed by atoms with E-state index in [0.29, 0.717) is 11.1 Å². The Hall–Kier alpha value is -1.16. The monoisotopic (exact) mass is 276 g/mol. The second kappa shape index (κ2) is 5.45. The third kappa shape index (κ3) is 2.59. The van der Waals surface area contributed by atoms with Crippen molar-refractivity contribution < 1.29 is 4.74 Å². The summed E-state index contributed by atoms with van der Waals surface area (Å²) in [6.45, 7) is 1.58. The van der Waals surface area contributed by atoms with Crippen LogP contribution in [0.25, 0.3) is 10.9 Å². The van der Waals surface area contributed by atoms with Crippen LogP contribution in [0.5, 0.6) is 0 Å². The molecule has 3 rings (SSSR count). The Bertz CT molecular complexity index is 581. The number of fused-ring (bicyclic) bond motifs is 1. The molecule has 19 heavy (non-hydrogen) atoms. The quantitative estimate of drug-likeness (QED) is 0.856. The average molecular weight is 277 g/mol. The van der Waals surface area contributed by atoms with E-state index in [9.17, 15) is 0 Å². The van der Waals surface area contributed by atoms with Crippen molar-refractivity contribution in [2.75, 3.05) is 13.2 Å². The number of hydrogen-bond donors (Lipinski definition) is 1. The molecule has 0 spiro atoms. The second-order valence-electron chi connectivity index (χ2n) is 5.04. The molecule has 0 saturated carbocycles. The molecular formula is C15H17ClN2O. The zero-order valence-electron chi connectivity index (χ0n) is 10.7. The van der Waals surface area contributed by atoms with E-state index in [1.165, 1.54) is 0 Å². The lowest BCUT2D eigenvalue weighted by Crippen LogP contribution is -2.27. The molecule has 0 unspecified atom stereocenters. The summed E-state index contributed by atoms with van der Waals surface area (Å²) >= 11 is 6.29. The molecule has 4 heteroatoms. The number of pyridine rings is 1. The van der Waals surface area contributed by atoms with Crippen molar-refractivity contribution in [2.24, 2.45) is 11.7 Å². The van der Waals surface area contributed by atoms with Gasteiger partial charge in [-0.2, -0.15) is 0 Å². The molecular weight excluding hydrogens is 260 g/mol. The van der Waals surface area contributed by atoms with Crippen LogP contribution < -0.4 is 5.73 Å². The van der Waals surface area contributed by atoms with Gasteiger partial charge >= 0.3 is 0 Å². The van der Waals surface area contributed by atoms with Crippen LogP contribution in [-0.4, -0.2) is 18.2 Å². The number of ether oxygens (including phenoxy) is 1. The summed E-state index contributed by atoms with van der Waals surface area (Å²) < 4.78 is 5.38. The fourth-order valence-electron chi connectivity index (χ4n) is 2.67. The molecule has 1 aromatic carbocycles. The number of nitrogens with zero attached hydrogens (tertiary/aromatic N) is 1. The van der Waals surface area contributed by atoms with Gasteiger partial charge in [-0.1, -0.05) is 29.8 Å². The third-order valence-corrected chi connectivity index (χ3v) is 4.14. The first kappa shape index (κ1) is 12.9. The van der Waals surface area contributed by atoms with Gasteiger partial charge in [-0.25, -0.2) is 4.98 Å². The molecule has 100 valence electrons. The largest absolute Gasteiger partial charge is 0.381 e. The summed E-state index contributed by atoms with van der Waals surface area (Å²) in [5.41, 5.74) is 8.25. The fraction of sp³-hybridized carbons (Fsp3) is 0.400. The Morgan fingerprint density at radius 3 is 2.79 bits per heavy atom. The zero-order valence-corrected chi connectivity index (χ0v) is 11.4. The van der Waals surface area contributed by atoms with Crippen LogP contribution in [0.1, 0.15) is 24.4 Å². The molecule has 0 radical (unpaired) electrons. The highest BCUT2D eigenvalue weighted by molar-refractivity contribution is 6.30. The van der Waals surface area contributed by atoms with Gasteiger partial charge in [-0.15, -0.1) is 0 Å². The Morgan fingerprint density at radius 1 is 1.26 bits per heavy atom. The lowest BCUT2D eigenvalue weighted by molar-refractivity contribution is 0.0583. The number of aromatic nitrogens is 1. The highest BCUT2D eigenvalue weighted by Crippen LogP contribution is 2.32. The summed E-state index contributed by atoms with van der Waals surface area (Å²) in [7, 11) is 0. The number of hydrogen-bond acceptors (Lipinski definition) is 3. The highest BCUT2D eigenvalue weighted by Gasteiger charge is 2.24. The maximum atomic E-state index is 6.38. The van der Waals surface area contributed by atoms with Gasteiger partial charge in [-0.3, -0.25) is 0 Å². The van der Waals surface area contributed by atoms with Crippen LogP contribution in [-0.2, 0) is 4.74 Å². The van der Waals surface area contributed by atoms with Gasteiger partial charge in [-0.05, 0) is 30.9 Å². The van der Waals surface area contributed by atoms with Crippen molar-refractivity contribution in [3.8, 4) is 0 Å². The lowest BCUT2D eigenvalue weighted by Gasteiger charge is -2.28. The van der Waals surface area contributed by atoms with Crippen LogP contribution in [0.4, 0.5) is 0 Å². The summed E-state index contributed by atoms with van der Waals surface area (Å²) in [4.78, 5) is 4.45. The van der Waals surface area contributed by atoms with Crippen LogP contribution in [0, 0.1) is 5.92 Å². The van der Waals surface area contributed by atoms with Crippen molar-refractivity contribution in [3.63, 3.8) is 0 Å². The second-order valence-corrected chi connectivity index (χ2v) is 5.39. The van der Waals surface area contributed by atoms with Gasteiger partial charge in [0.1, 0.15) is 5.15 Å². The molecule has 1 aliphatic rings. The fourth-order valence-corrected chi connectivity index (χ4v) is 2.94. The Kier molecular flexibility index (Phi) is 3.69. The minimum absolute atomic E-state index is 0.0616. The SMILES string of the molecule is N[C@H](c1cc2ccccc2nc1Cl)C1CCOCC1. The molecule has 0 amide bonds. The summed E-state index contributed by atoms with van der Waals surface area (Å²) in [5.74, 6) is 0.425. The molecule has 1 fully saturated rings. The summed E-state index contributed by atoms with van der Waals surface area (Å²) in [6, 6.07) is 9.98. The van der Waals surface area contributed by atoms with Crippen LogP contribution in [0.15, 0.2) is 30.3 Å². The number of nitrogens with two attached hydrogens (primary N) is 1. The van der Waals surface area contributed by atoms with E-state index in [0.717, 1.165) is 42.5 Å². The number of rotatable bonds is 2. The van der Waals surface area contributed by atoms with Crippen molar-refractivity contribution in [1.29, 1.82) is 0 Å². The molecule has 2 aromatic rings. The van der Waals surface area contributed by atoms with Gasteiger partial charge < -0.3 is 10.5 Å². The van der Waals surface area contributed by atoms with E-state index in [1.807, 2.05) is 24.3 Å². The summed E-state index contributed by atoms with van der Waals surface area (Å²) in [5, 5.41) is 1.61. The standard InChI is InChI=1S/C15H17ClN2O/c16-15-12(14(17)10-5-7-19-8-6-10)9-11-3-1-2-4-13(11)18-15/h1-4,9-10,14H,5-8,17H2/t14-/m0/s1. The number of para-hydroxylation sites is 1. The Labute approximate surface area is 117 Å². The third-order valence-electron chi connectivity index (χ3n) is 3.84. The van der Waals surface area contributed by atoms with Crippen molar-refractivity contribution in [1.82, 2.24) is 4.98 Å². The van der Waals surface area contributed by atoms with Crippen LogP contribution in [0.3, 0.4) is 0 Å². The molecule has 1 aromatic heterocycles. The number of halogens is 1. The predicted octanol–water partition coefficient (Wildman–Crippen LogP) is 3.31. The summed E-state index contributed by atoms with van der Waals surface area (Å²) in [6.07, 6.45) is 1.98. The normalized spacial score (nSPS) is 18.6. The lowest BCUT2D eigenvalue weighted by atomic mass is 9.88. The van der Waals surface area contributed by atoms with Crippen molar-refractivity contribution >= 4 is 22.5 Å². The molecule has 3 nitrogen and oxygen atoms in total. The molecule has 1 saturated heterocycles. The topological polar surface area (TPSA) is 48.1 Å². The predicted molar refractivity (Wildman–Crippen MR) is 77.2 cm³/mol. The average Bonchev–Trinajstić information content (AvgIpc) is 2.47. The Balaban J connectivity index is 1.96. The van der Waals surface area contributed by atoms with E-state index in [2.05, 4.69) is 11.1 Å². The van der Waals surface area contributed by atoms with Gasteiger partial charge in [0.15, 0.2) is 0 Å². The molecule has 1 aliphatic heterocycles. The van der Waals surface area contributed by atoms with E-state index < -0.39 is 0 Å². The van der Waals surface area contributed by atoms with E-state index >= 15 is 0 Å². The highest BCUT2D eigenvalue weighted by atomic mass is 35.5. The van der Waals surface area contributed by atoms with Gasteiger partial charge in [0.2, 0.25) is 0 Å². The van der Waals surface area contributed by atoms with E-state index in [4.69, 9.17) is 22.1 Å². The van der Waals surface area contributed by atoms with Crippen molar-refractivity contribution in [2.45, 2.75) is 18.9 Å². The van der Waals surface area contributed by atoms with Crippen LogP contribution >= 0.6 is 11.6 Å². The molecule has 1 atom stereocenters. The molecule has 2 N–H and O–H groups in total. The first-order valence-corrected chi connectivity index (χ1v) is 7.02. The Morgan fingerprint density at radius 2 is 2.00 bits per heavy atom. The first-order valence-electron chi connectivity index (χ1n) is 6.64.